The second kappa shape index (κ2) is 6.57. The summed E-state index contributed by atoms with van der Waals surface area (Å²) in [6, 6.07) is 0. The molecule has 1 saturated heterocycles. The molecular formula is C15H34O3Si3. The lowest BCUT2D eigenvalue weighted by atomic mass is 9.87. The SMILES string of the molecule is CC([SiH2]C(O[Si](C)(C)C)O[Si](C)(C)C)C1CCC2OC2C1. The van der Waals surface area contributed by atoms with E-state index >= 15 is 0 Å². The van der Waals surface area contributed by atoms with E-state index in [1.807, 2.05) is 0 Å². The highest BCUT2D eigenvalue weighted by Gasteiger charge is 2.45. The van der Waals surface area contributed by atoms with Crippen LogP contribution in [0.4, 0.5) is 0 Å². The lowest BCUT2D eigenvalue weighted by Gasteiger charge is -2.35. The van der Waals surface area contributed by atoms with Gasteiger partial charge < -0.3 is 13.6 Å². The van der Waals surface area contributed by atoms with E-state index in [2.05, 4.69) is 46.2 Å². The molecule has 1 aliphatic heterocycles. The van der Waals surface area contributed by atoms with Crippen molar-refractivity contribution >= 4 is 26.2 Å². The molecule has 1 aliphatic carbocycles. The average Bonchev–Trinajstić information content (AvgIpc) is 3.01. The minimum atomic E-state index is -1.53. The lowest BCUT2D eigenvalue weighted by molar-refractivity contribution is 0.0586. The Balaban J connectivity index is 1.89. The molecule has 6 heteroatoms. The summed E-state index contributed by atoms with van der Waals surface area (Å²) in [7, 11) is -3.46. The van der Waals surface area contributed by atoms with Gasteiger partial charge in [0.25, 0.3) is 0 Å². The summed E-state index contributed by atoms with van der Waals surface area (Å²) in [6.45, 7) is 16.1. The van der Waals surface area contributed by atoms with E-state index in [9.17, 15) is 0 Å². The maximum atomic E-state index is 6.39. The maximum absolute atomic E-state index is 6.39. The zero-order valence-electron chi connectivity index (χ0n) is 14.9. The van der Waals surface area contributed by atoms with Crippen LogP contribution in [0.25, 0.3) is 0 Å². The summed E-state index contributed by atoms with van der Waals surface area (Å²) in [6.07, 6.45) is 5.12. The fourth-order valence-electron chi connectivity index (χ4n) is 3.36. The maximum Gasteiger partial charge on any atom is 0.186 e. The first-order chi connectivity index (χ1) is 9.53. The normalized spacial score (nSPS) is 31.7. The highest BCUT2D eigenvalue weighted by molar-refractivity contribution is 6.71. The fourth-order valence-corrected chi connectivity index (χ4v) is 10.3. The van der Waals surface area contributed by atoms with Gasteiger partial charge in [0.1, 0.15) is 5.91 Å². The number of rotatable bonds is 7. The Hall–Kier alpha value is 0.531. The number of ether oxygens (including phenoxy) is 1. The van der Waals surface area contributed by atoms with Gasteiger partial charge in [-0.1, -0.05) is 6.92 Å². The van der Waals surface area contributed by atoms with E-state index in [1.165, 1.54) is 19.3 Å². The van der Waals surface area contributed by atoms with Crippen LogP contribution in [0.3, 0.4) is 0 Å². The molecule has 1 saturated carbocycles. The number of epoxide rings is 1. The molecule has 0 aromatic rings. The molecule has 0 aromatic carbocycles. The second-order valence-electron chi connectivity index (χ2n) is 8.89. The lowest BCUT2D eigenvalue weighted by Crippen LogP contribution is -2.44. The van der Waals surface area contributed by atoms with Gasteiger partial charge in [-0.3, -0.25) is 0 Å². The van der Waals surface area contributed by atoms with Gasteiger partial charge in [0.05, 0.1) is 21.7 Å². The first-order valence-corrected chi connectivity index (χ1v) is 17.0. The van der Waals surface area contributed by atoms with Crippen LogP contribution in [-0.4, -0.2) is 44.3 Å². The van der Waals surface area contributed by atoms with Crippen molar-refractivity contribution in [2.24, 2.45) is 5.92 Å². The molecule has 4 unspecified atom stereocenters. The quantitative estimate of drug-likeness (QED) is 0.401. The van der Waals surface area contributed by atoms with E-state index in [1.54, 1.807) is 0 Å². The molecule has 124 valence electrons. The van der Waals surface area contributed by atoms with Gasteiger partial charge in [-0.2, -0.15) is 0 Å². The molecular weight excluding hydrogens is 312 g/mol. The van der Waals surface area contributed by atoms with Crippen LogP contribution in [0.2, 0.25) is 44.8 Å². The Kier molecular flexibility index (Phi) is 5.59. The fraction of sp³-hybridized carbons (Fsp3) is 1.00. The molecule has 21 heavy (non-hydrogen) atoms. The van der Waals surface area contributed by atoms with Crippen LogP contribution in [0.1, 0.15) is 26.2 Å². The van der Waals surface area contributed by atoms with Crippen LogP contribution in [-0.2, 0) is 13.6 Å². The van der Waals surface area contributed by atoms with Crippen molar-refractivity contribution in [3.63, 3.8) is 0 Å². The van der Waals surface area contributed by atoms with Crippen LogP contribution in [0, 0.1) is 5.92 Å². The zero-order valence-corrected chi connectivity index (χ0v) is 18.4. The van der Waals surface area contributed by atoms with Crippen molar-refractivity contribution in [2.45, 2.75) is 89.1 Å². The van der Waals surface area contributed by atoms with Crippen molar-refractivity contribution in [3.05, 3.63) is 0 Å². The zero-order chi connectivity index (χ0) is 15.8. The first kappa shape index (κ1) is 17.9. The monoisotopic (exact) mass is 346 g/mol. The number of fused-ring (bicyclic) bond motifs is 1. The van der Waals surface area contributed by atoms with Crippen molar-refractivity contribution in [2.75, 3.05) is 0 Å². The van der Waals surface area contributed by atoms with Crippen LogP contribution >= 0.6 is 0 Å². The first-order valence-electron chi connectivity index (χ1n) is 8.54. The Bertz CT molecular complexity index is 335. The summed E-state index contributed by atoms with van der Waals surface area (Å²) in [5.74, 6) is 0.981. The van der Waals surface area contributed by atoms with E-state index in [0.29, 0.717) is 12.2 Å². The Morgan fingerprint density at radius 1 is 0.952 bits per heavy atom. The Morgan fingerprint density at radius 2 is 1.52 bits per heavy atom. The molecule has 2 rings (SSSR count). The smallest absolute Gasteiger partial charge is 0.186 e. The van der Waals surface area contributed by atoms with Gasteiger partial charge in [-0.25, -0.2) is 0 Å². The summed E-state index contributed by atoms with van der Waals surface area (Å²) in [5, 5.41) is 0. The largest absolute Gasteiger partial charge is 0.398 e. The highest BCUT2D eigenvalue weighted by atomic mass is 28.4. The Labute approximate surface area is 135 Å². The van der Waals surface area contributed by atoms with Crippen LogP contribution in [0.5, 0.6) is 0 Å². The average molecular weight is 347 g/mol. The summed E-state index contributed by atoms with van der Waals surface area (Å²) in [4.78, 5) is 0. The molecule has 0 aromatic heterocycles. The van der Waals surface area contributed by atoms with Crippen molar-refractivity contribution < 1.29 is 13.6 Å². The molecule has 3 nitrogen and oxygen atoms in total. The van der Waals surface area contributed by atoms with Gasteiger partial charge in [-0.15, -0.1) is 0 Å². The summed E-state index contributed by atoms with van der Waals surface area (Å²) >= 11 is 0. The minimum Gasteiger partial charge on any atom is -0.398 e. The van der Waals surface area contributed by atoms with Crippen molar-refractivity contribution in [3.8, 4) is 0 Å². The number of hydrogen-bond acceptors (Lipinski definition) is 3. The van der Waals surface area contributed by atoms with E-state index in [0.717, 1.165) is 11.5 Å². The molecule has 0 N–H and O–H groups in total. The summed E-state index contributed by atoms with van der Waals surface area (Å²) < 4.78 is 18.5. The minimum absolute atomic E-state index is 0.135. The van der Waals surface area contributed by atoms with E-state index in [-0.39, 0.29) is 15.4 Å². The third kappa shape index (κ3) is 6.27. The van der Waals surface area contributed by atoms with Gasteiger partial charge in [-0.05, 0) is 70.0 Å². The molecule has 2 aliphatic rings. The van der Waals surface area contributed by atoms with Crippen molar-refractivity contribution in [1.82, 2.24) is 0 Å². The molecule has 0 amide bonds. The van der Waals surface area contributed by atoms with Gasteiger partial charge in [0, 0.05) is 0 Å². The van der Waals surface area contributed by atoms with E-state index < -0.39 is 16.6 Å². The van der Waals surface area contributed by atoms with Gasteiger partial charge >= 0.3 is 0 Å². The van der Waals surface area contributed by atoms with E-state index in [4.69, 9.17) is 13.6 Å². The topological polar surface area (TPSA) is 31.0 Å². The van der Waals surface area contributed by atoms with Crippen LogP contribution in [0.15, 0.2) is 0 Å². The summed E-state index contributed by atoms with van der Waals surface area (Å²) in [5.41, 5.74) is 0.799. The standard InChI is InChI=1S/C15H34O3Si3/c1-11(12-8-9-13-14(10-12)16-13)19-15(17-20(2,3)4)18-21(5,6)7/h11-15H,8-10,19H2,1-7H3. The molecule has 0 bridgehead atoms. The molecule has 0 spiro atoms. The molecule has 1 heterocycles. The predicted octanol–water partition coefficient (Wildman–Crippen LogP) is 3.52. The highest BCUT2D eigenvalue weighted by Crippen LogP contribution is 2.43. The van der Waals surface area contributed by atoms with Crippen LogP contribution < -0.4 is 0 Å². The third-order valence-electron chi connectivity index (χ3n) is 4.38. The molecule has 4 atom stereocenters. The van der Waals surface area contributed by atoms with Crippen molar-refractivity contribution in [1.29, 1.82) is 0 Å². The van der Waals surface area contributed by atoms with Gasteiger partial charge in [0.2, 0.25) is 0 Å². The molecule has 0 radical (unpaired) electrons. The predicted molar refractivity (Wildman–Crippen MR) is 96.6 cm³/mol. The third-order valence-corrected chi connectivity index (χ3v) is 9.12. The number of hydrogen-bond donors (Lipinski definition) is 0. The second-order valence-corrected chi connectivity index (χ2v) is 20.2. The Morgan fingerprint density at radius 3 is 2.00 bits per heavy atom. The molecule has 2 fully saturated rings. The van der Waals surface area contributed by atoms with Gasteiger partial charge in [0.15, 0.2) is 16.6 Å².